The van der Waals surface area contributed by atoms with Crippen molar-refractivity contribution in [1.82, 2.24) is 0 Å². The highest BCUT2D eigenvalue weighted by Gasteiger charge is 2.12. The fraction of sp³-hybridized carbons (Fsp3) is 0.333. The van der Waals surface area contributed by atoms with E-state index in [-0.39, 0.29) is 12.1 Å². The molecule has 0 radical (unpaired) electrons. The SMILES string of the molecule is C#CC[n+]1cccc(C(=O)OC(C)C)c1. The highest BCUT2D eigenvalue weighted by molar-refractivity contribution is 5.88. The lowest BCUT2D eigenvalue weighted by Gasteiger charge is -2.06. The molecule has 0 aliphatic heterocycles. The summed E-state index contributed by atoms with van der Waals surface area (Å²) in [6, 6.07) is 3.48. The number of carbonyl (C=O) groups is 1. The summed E-state index contributed by atoms with van der Waals surface area (Å²) in [4.78, 5) is 11.5. The van der Waals surface area contributed by atoms with Crippen LogP contribution in [0.3, 0.4) is 0 Å². The van der Waals surface area contributed by atoms with Gasteiger partial charge in [-0.05, 0) is 25.8 Å². The molecule has 0 fully saturated rings. The zero-order valence-electron chi connectivity index (χ0n) is 8.93. The summed E-state index contributed by atoms with van der Waals surface area (Å²) in [5, 5.41) is 0. The topological polar surface area (TPSA) is 30.2 Å². The third-order valence-corrected chi connectivity index (χ3v) is 1.71. The van der Waals surface area contributed by atoms with E-state index < -0.39 is 0 Å². The number of ether oxygens (including phenoxy) is 1. The molecular formula is C12H14NO2+. The van der Waals surface area contributed by atoms with Crippen LogP contribution >= 0.6 is 0 Å². The predicted octanol–water partition coefficient (Wildman–Crippen LogP) is 1.17. The van der Waals surface area contributed by atoms with E-state index in [1.807, 2.05) is 20.0 Å². The lowest BCUT2D eigenvalue weighted by atomic mass is 10.3. The Morgan fingerprint density at radius 1 is 1.67 bits per heavy atom. The number of aromatic nitrogens is 1. The Bertz CT molecular complexity index is 391. The van der Waals surface area contributed by atoms with E-state index in [1.54, 1.807) is 22.9 Å². The number of terminal acetylenes is 1. The van der Waals surface area contributed by atoms with Crippen LogP contribution < -0.4 is 4.57 Å². The minimum atomic E-state index is -0.323. The first-order chi connectivity index (χ1) is 7.13. The maximum absolute atomic E-state index is 11.5. The monoisotopic (exact) mass is 204 g/mol. The summed E-state index contributed by atoms with van der Waals surface area (Å²) in [6.07, 6.45) is 8.56. The van der Waals surface area contributed by atoms with Crippen molar-refractivity contribution in [1.29, 1.82) is 0 Å². The van der Waals surface area contributed by atoms with E-state index in [0.29, 0.717) is 12.1 Å². The van der Waals surface area contributed by atoms with Gasteiger partial charge in [-0.3, -0.25) is 0 Å². The second kappa shape index (κ2) is 5.16. The van der Waals surface area contributed by atoms with Gasteiger partial charge in [0, 0.05) is 6.07 Å². The van der Waals surface area contributed by atoms with Crippen LogP contribution in [0.25, 0.3) is 0 Å². The van der Waals surface area contributed by atoms with Crippen molar-refractivity contribution < 1.29 is 14.1 Å². The molecule has 0 unspecified atom stereocenters. The van der Waals surface area contributed by atoms with Crippen LogP contribution in [0.1, 0.15) is 24.2 Å². The first-order valence-corrected chi connectivity index (χ1v) is 4.77. The average molecular weight is 204 g/mol. The van der Waals surface area contributed by atoms with Gasteiger partial charge in [0.25, 0.3) is 0 Å². The number of rotatable bonds is 3. The Labute approximate surface area is 89.7 Å². The van der Waals surface area contributed by atoms with Gasteiger partial charge in [-0.15, -0.1) is 6.42 Å². The van der Waals surface area contributed by atoms with E-state index in [4.69, 9.17) is 11.2 Å². The molecule has 0 saturated heterocycles. The summed E-state index contributed by atoms with van der Waals surface area (Å²) < 4.78 is 6.83. The maximum atomic E-state index is 11.5. The van der Waals surface area contributed by atoms with Crippen molar-refractivity contribution in [2.75, 3.05) is 0 Å². The molecule has 1 rings (SSSR count). The molecule has 0 aromatic carbocycles. The van der Waals surface area contributed by atoms with E-state index in [9.17, 15) is 4.79 Å². The Hall–Kier alpha value is -1.82. The van der Waals surface area contributed by atoms with Crippen LogP contribution in [0.4, 0.5) is 0 Å². The smallest absolute Gasteiger partial charge is 0.344 e. The third-order valence-electron chi connectivity index (χ3n) is 1.71. The van der Waals surface area contributed by atoms with Crippen LogP contribution in [0.5, 0.6) is 0 Å². The molecule has 0 saturated carbocycles. The van der Waals surface area contributed by atoms with Crippen LogP contribution in [-0.4, -0.2) is 12.1 Å². The molecule has 0 bridgehead atoms. The summed E-state index contributed by atoms with van der Waals surface area (Å²) in [7, 11) is 0. The molecular weight excluding hydrogens is 190 g/mol. The standard InChI is InChI=1S/C12H14NO2/c1-4-7-13-8-5-6-11(9-13)12(14)15-10(2)3/h1,5-6,8-10H,7H2,2-3H3/q+1. The lowest BCUT2D eigenvalue weighted by molar-refractivity contribution is -0.684. The average Bonchev–Trinajstić information content (AvgIpc) is 2.17. The molecule has 0 aliphatic carbocycles. The Morgan fingerprint density at radius 2 is 2.40 bits per heavy atom. The summed E-state index contributed by atoms with van der Waals surface area (Å²) in [5.41, 5.74) is 0.515. The normalized spacial score (nSPS) is 9.73. The van der Waals surface area contributed by atoms with Crippen molar-refractivity contribution in [3.63, 3.8) is 0 Å². The molecule has 78 valence electrons. The third kappa shape index (κ3) is 3.43. The van der Waals surface area contributed by atoms with Gasteiger partial charge in [-0.25, -0.2) is 4.79 Å². The molecule has 0 spiro atoms. The molecule has 1 aromatic rings. The predicted molar refractivity (Wildman–Crippen MR) is 56.0 cm³/mol. The molecule has 15 heavy (non-hydrogen) atoms. The first kappa shape index (κ1) is 11.3. The van der Waals surface area contributed by atoms with Crippen LogP contribution in [0, 0.1) is 12.3 Å². The minimum absolute atomic E-state index is 0.112. The molecule has 0 atom stereocenters. The molecule has 3 nitrogen and oxygen atoms in total. The van der Waals surface area contributed by atoms with Crippen LogP contribution in [0.2, 0.25) is 0 Å². The zero-order chi connectivity index (χ0) is 11.3. The molecule has 1 heterocycles. The van der Waals surface area contributed by atoms with Gasteiger partial charge in [-0.1, -0.05) is 0 Å². The van der Waals surface area contributed by atoms with Crippen LogP contribution in [0.15, 0.2) is 24.5 Å². The minimum Gasteiger partial charge on any atom is -0.459 e. The Kier molecular flexibility index (Phi) is 3.87. The highest BCUT2D eigenvalue weighted by atomic mass is 16.5. The van der Waals surface area contributed by atoms with Gasteiger partial charge < -0.3 is 4.74 Å². The molecule has 0 N–H and O–H groups in total. The van der Waals surface area contributed by atoms with E-state index >= 15 is 0 Å². The number of carbonyl (C=O) groups excluding carboxylic acids is 1. The van der Waals surface area contributed by atoms with Gasteiger partial charge in [0.1, 0.15) is 5.56 Å². The molecule has 1 aromatic heterocycles. The van der Waals surface area contributed by atoms with Crippen molar-refractivity contribution >= 4 is 5.97 Å². The lowest BCUT2D eigenvalue weighted by Crippen LogP contribution is -2.33. The van der Waals surface area contributed by atoms with Crippen molar-refractivity contribution in [2.45, 2.75) is 26.5 Å². The van der Waals surface area contributed by atoms with Gasteiger partial charge in [0.2, 0.25) is 6.54 Å². The number of nitrogens with zero attached hydrogens (tertiary/aromatic N) is 1. The van der Waals surface area contributed by atoms with Crippen molar-refractivity contribution in [2.24, 2.45) is 0 Å². The van der Waals surface area contributed by atoms with Gasteiger partial charge in [0.05, 0.1) is 6.10 Å². The van der Waals surface area contributed by atoms with Gasteiger partial charge in [-0.2, -0.15) is 4.57 Å². The Balaban J connectivity index is 2.81. The van der Waals surface area contributed by atoms with E-state index in [1.165, 1.54) is 0 Å². The fourth-order valence-electron chi connectivity index (χ4n) is 1.13. The van der Waals surface area contributed by atoms with E-state index in [2.05, 4.69) is 5.92 Å². The zero-order valence-corrected chi connectivity index (χ0v) is 8.93. The molecule has 3 heteroatoms. The largest absolute Gasteiger partial charge is 0.459 e. The van der Waals surface area contributed by atoms with Gasteiger partial charge >= 0.3 is 5.97 Å². The highest BCUT2D eigenvalue weighted by Crippen LogP contribution is 2.00. The second-order valence-electron chi connectivity index (χ2n) is 3.42. The summed E-state index contributed by atoms with van der Waals surface area (Å²) in [5.74, 6) is 2.18. The van der Waals surface area contributed by atoms with E-state index in [0.717, 1.165) is 0 Å². The van der Waals surface area contributed by atoms with Crippen molar-refractivity contribution in [3.05, 3.63) is 30.1 Å². The van der Waals surface area contributed by atoms with Crippen molar-refractivity contribution in [3.8, 4) is 12.3 Å². The maximum Gasteiger partial charge on any atom is 0.344 e. The summed E-state index contributed by atoms with van der Waals surface area (Å²) >= 11 is 0. The fourth-order valence-corrected chi connectivity index (χ4v) is 1.13. The first-order valence-electron chi connectivity index (χ1n) is 4.77. The summed E-state index contributed by atoms with van der Waals surface area (Å²) in [6.45, 7) is 4.08. The number of pyridine rings is 1. The number of esters is 1. The van der Waals surface area contributed by atoms with Gasteiger partial charge in [0.15, 0.2) is 12.4 Å². The Morgan fingerprint density at radius 3 is 3.00 bits per heavy atom. The van der Waals surface area contributed by atoms with Crippen LogP contribution in [-0.2, 0) is 11.3 Å². The quantitative estimate of drug-likeness (QED) is 0.420. The molecule has 0 amide bonds. The number of hydrogen-bond donors (Lipinski definition) is 0. The second-order valence-corrected chi connectivity index (χ2v) is 3.42. The molecule has 0 aliphatic rings. The number of hydrogen-bond acceptors (Lipinski definition) is 2.